The topological polar surface area (TPSA) is 97.6 Å². The maximum absolute atomic E-state index is 12.7. The fourth-order valence-corrected chi connectivity index (χ4v) is 2.66. The Bertz CT molecular complexity index is 719. The van der Waals surface area contributed by atoms with E-state index in [-0.39, 0.29) is 29.9 Å². The molecule has 23 heavy (non-hydrogen) atoms. The standard InChI is InChI=1S/C16H16N2O5/c1-3-16(4-2)13(19)8-9-17(15(16)21)14(20)11-6-5-7-12(10-11)18(22)23/h5-10H,3-4H2,1-2H3. The van der Waals surface area contributed by atoms with E-state index in [0.717, 1.165) is 17.2 Å². The van der Waals surface area contributed by atoms with Crippen molar-refractivity contribution in [3.05, 3.63) is 52.2 Å². The SMILES string of the molecule is CCC1(CC)C(=O)C=CN(C(=O)c2cccc([N+](=O)[O-])c2)C1=O. The van der Waals surface area contributed by atoms with Crippen molar-refractivity contribution in [3.8, 4) is 0 Å². The second-order valence-corrected chi connectivity index (χ2v) is 5.26. The van der Waals surface area contributed by atoms with Crippen molar-refractivity contribution in [1.82, 2.24) is 4.90 Å². The zero-order valence-electron chi connectivity index (χ0n) is 12.8. The zero-order chi connectivity index (χ0) is 17.2. The Morgan fingerprint density at radius 3 is 2.48 bits per heavy atom. The number of hydrogen-bond acceptors (Lipinski definition) is 5. The highest BCUT2D eigenvalue weighted by Crippen LogP contribution is 2.34. The second-order valence-electron chi connectivity index (χ2n) is 5.26. The average molecular weight is 316 g/mol. The van der Waals surface area contributed by atoms with Crippen molar-refractivity contribution in [2.24, 2.45) is 5.41 Å². The molecule has 1 aliphatic heterocycles. The largest absolute Gasteiger partial charge is 0.294 e. The van der Waals surface area contributed by atoms with E-state index in [1.54, 1.807) is 13.8 Å². The number of amides is 2. The van der Waals surface area contributed by atoms with E-state index in [0.29, 0.717) is 0 Å². The van der Waals surface area contributed by atoms with Crippen LogP contribution in [-0.4, -0.2) is 27.4 Å². The molecule has 1 aromatic rings. The Hall–Kier alpha value is -2.83. The predicted octanol–water partition coefficient (Wildman–Crippen LogP) is 2.47. The van der Waals surface area contributed by atoms with E-state index >= 15 is 0 Å². The van der Waals surface area contributed by atoms with Crippen LogP contribution in [0.3, 0.4) is 0 Å². The smallest absolute Gasteiger partial charge is 0.270 e. The van der Waals surface area contributed by atoms with Crippen LogP contribution in [0.2, 0.25) is 0 Å². The van der Waals surface area contributed by atoms with Gasteiger partial charge in [0.25, 0.3) is 11.6 Å². The summed E-state index contributed by atoms with van der Waals surface area (Å²) in [6.45, 7) is 3.43. The first-order valence-electron chi connectivity index (χ1n) is 7.22. The van der Waals surface area contributed by atoms with E-state index in [1.165, 1.54) is 24.3 Å². The first-order chi connectivity index (χ1) is 10.9. The molecule has 0 spiro atoms. The maximum atomic E-state index is 12.7. The molecular weight excluding hydrogens is 300 g/mol. The van der Waals surface area contributed by atoms with Gasteiger partial charge in [-0.3, -0.25) is 29.4 Å². The molecule has 7 nitrogen and oxygen atoms in total. The highest BCUT2D eigenvalue weighted by atomic mass is 16.6. The summed E-state index contributed by atoms with van der Waals surface area (Å²) in [5.74, 6) is -1.60. The average Bonchev–Trinajstić information content (AvgIpc) is 2.56. The van der Waals surface area contributed by atoms with Crippen LogP contribution in [-0.2, 0) is 9.59 Å². The van der Waals surface area contributed by atoms with E-state index in [1.807, 2.05) is 0 Å². The lowest BCUT2D eigenvalue weighted by Gasteiger charge is -2.34. The first-order valence-corrected chi connectivity index (χ1v) is 7.22. The Morgan fingerprint density at radius 1 is 1.26 bits per heavy atom. The van der Waals surface area contributed by atoms with Gasteiger partial charge in [-0.1, -0.05) is 19.9 Å². The number of benzene rings is 1. The minimum atomic E-state index is -1.24. The van der Waals surface area contributed by atoms with Crippen molar-refractivity contribution in [2.75, 3.05) is 0 Å². The summed E-state index contributed by atoms with van der Waals surface area (Å²) < 4.78 is 0. The van der Waals surface area contributed by atoms with E-state index in [2.05, 4.69) is 0 Å². The van der Waals surface area contributed by atoms with Crippen molar-refractivity contribution >= 4 is 23.3 Å². The molecule has 2 amide bonds. The van der Waals surface area contributed by atoms with Gasteiger partial charge >= 0.3 is 0 Å². The van der Waals surface area contributed by atoms with Gasteiger partial charge in [0.05, 0.1) is 4.92 Å². The third-order valence-corrected chi connectivity index (χ3v) is 4.20. The van der Waals surface area contributed by atoms with E-state index in [4.69, 9.17) is 0 Å². The molecule has 0 atom stereocenters. The minimum Gasteiger partial charge on any atom is -0.294 e. The third-order valence-electron chi connectivity index (χ3n) is 4.20. The number of non-ortho nitro benzene ring substituents is 1. The predicted molar refractivity (Wildman–Crippen MR) is 81.4 cm³/mol. The molecule has 120 valence electrons. The van der Waals surface area contributed by atoms with Gasteiger partial charge in [0, 0.05) is 23.9 Å². The molecule has 0 saturated carbocycles. The summed E-state index contributed by atoms with van der Waals surface area (Å²) >= 11 is 0. The lowest BCUT2D eigenvalue weighted by atomic mass is 9.75. The van der Waals surface area contributed by atoms with Gasteiger partial charge in [-0.15, -0.1) is 0 Å². The molecule has 0 N–H and O–H groups in total. The molecule has 1 aliphatic rings. The number of carbonyl (C=O) groups excluding carboxylic acids is 3. The minimum absolute atomic E-state index is 0.0210. The molecule has 0 radical (unpaired) electrons. The van der Waals surface area contributed by atoms with Crippen molar-refractivity contribution < 1.29 is 19.3 Å². The maximum Gasteiger partial charge on any atom is 0.270 e. The van der Waals surface area contributed by atoms with Crippen LogP contribution in [0, 0.1) is 15.5 Å². The summed E-state index contributed by atoms with van der Waals surface area (Å²) in [6.07, 6.45) is 2.91. The lowest BCUT2D eigenvalue weighted by molar-refractivity contribution is -0.384. The first kappa shape index (κ1) is 16.5. The number of nitro groups is 1. The number of ketones is 1. The van der Waals surface area contributed by atoms with Crippen molar-refractivity contribution in [2.45, 2.75) is 26.7 Å². The number of nitro benzene ring substituents is 1. The second kappa shape index (κ2) is 6.12. The van der Waals surface area contributed by atoms with Crippen molar-refractivity contribution in [1.29, 1.82) is 0 Å². The monoisotopic (exact) mass is 316 g/mol. The summed E-state index contributed by atoms with van der Waals surface area (Å²) in [4.78, 5) is 48.3. The fraction of sp³-hybridized carbons (Fsp3) is 0.312. The molecule has 1 aromatic carbocycles. The molecule has 0 aromatic heterocycles. The number of hydrogen-bond donors (Lipinski definition) is 0. The zero-order valence-corrected chi connectivity index (χ0v) is 12.8. The van der Waals surface area contributed by atoms with Crippen LogP contribution in [0.5, 0.6) is 0 Å². The molecule has 1 heterocycles. The quantitative estimate of drug-likeness (QED) is 0.368. The number of allylic oxidation sites excluding steroid dienone is 1. The summed E-state index contributed by atoms with van der Waals surface area (Å²) in [5.41, 5.74) is -1.46. The van der Waals surface area contributed by atoms with Gasteiger partial charge in [-0.2, -0.15) is 0 Å². The highest BCUT2D eigenvalue weighted by Gasteiger charge is 2.47. The molecule has 0 aliphatic carbocycles. The Morgan fingerprint density at radius 2 is 1.91 bits per heavy atom. The molecular formula is C16H16N2O5. The van der Waals surface area contributed by atoms with Gasteiger partial charge < -0.3 is 0 Å². The number of nitrogens with zero attached hydrogens (tertiary/aromatic N) is 2. The Labute approximate surface area is 132 Å². The van der Waals surface area contributed by atoms with E-state index in [9.17, 15) is 24.5 Å². The van der Waals surface area contributed by atoms with Crippen molar-refractivity contribution in [3.63, 3.8) is 0 Å². The molecule has 2 rings (SSSR count). The molecule has 0 unspecified atom stereocenters. The van der Waals surface area contributed by atoms with Crippen LogP contribution >= 0.6 is 0 Å². The summed E-state index contributed by atoms with van der Waals surface area (Å²) in [7, 11) is 0. The van der Waals surface area contributed by atoms with Gasteiger partial charge in [-0.25, -0.2) is 0 Å². The van der Waals surface area contributed by atoms with Gasteiger partial charge in [0.1, 0.15) is 5.41 Å². The van der Waals surface area contributed by atoms with Gasteiger partial charge in [0.15, 0.2) is 5.78 Å². The third kappa shape index (κ3) is 2.65. The van der Waals surface area contributed by atoms with Gasteiger partial charge in [0.2, 0.25) is 5.91 Å². The van der Waals surface area contributed by atoms with Crippen LogP contribution in [0.1, 0.15) is 37.0 Å². The number of carbonyl (C=O) groups is 3. The molecule has 7 heteroatoms. The van der Waals surface area contributed by atoms with Crippen LogP contribution < -0.4 is 0 Å². The lowest BCUT2D eigenvalue weighted by Crippen LogP contribution is -2.50. The van der Waals surface area contributed by atoms with E-state index < -0.39 is 22.2 Å². The normalized spacial score (nSPS) is 16.5. The summed E-state index contributed by atoms with van der Waals surface area (Å²) in [6, 6.07) is 5.14. The van der Waals surface area contributed by atoms with Crippen LogP contribution in [0.25, 0.3) is 0 Å². The fourth-order valence-electron chi connectivity index (χ4n) is 2.66. The van der Waals surface area contributed by atoms with Gasteiger partial charge in [-0.05, 0) is 25.0 Å². The van der Waals surface area contributed by atoms with Crippen LogP contribution in [0.4, 0.5) is 5.69 Å². The number of imide groups is 1. The Balaban J connectivity index is 2.42. The highest BCUT2D eigenvalue weighted by molar-refractivity contribution is 6.19. The Kier molecular flexibility index (Phi) is 4.40. The molecule has 0 saturated heterocycles. The number of rotatable bonds is 4. The summed E-state index contributed by atoms with van der Waals surface area (Å²) in [5, 5.41) is 10.8. The molecule has 0 fully saturated rings. The molecule has 0 bridgehead atoms. The van der Waals surface area contributed by atoms with Crippen LogP contribution in [0.15, 0.2) is 36.5 Å².